The number of benzene rings is 1. The van der Waals surface area contributed by atoms with Crippen LogP contribution in [0.4, 0.5) is 30.7 Å². The minimum Gasteiger partial charge on any atom is -0.318 e. The molecule has 1 N–H and O–H groups in total. The fourth-order valence-electron chi connectivity index (χ4n) is 3.79. The smallest absolute Gasteiger partial charge is 0.318 e. The van der Waals surface area contributed by atoms with Gasteiger partial charge >= 0.3 is 12.4 Å². The third-order valence-electron chi connectivity index (χ3n) is 5.22. The Morgan fingerprint density at radius 3 is 2.19 bits per heavy atom. The highest BCUT2D eigenvalue weighted by molar-refractivity contribution is 5.94. The molecular formula is C20H18F7N3O. The van der Waals surface area contributed by atoms with E-state index >= 15 is 0 Å². The van der Waals surface area contributed by atoms with Crippen LogP contribution in [0, 0.1) is 5.82 Å². The van der Waals surface area contributed by atoms with Crippen LogP contribution in [-0.2, 0) is 0 Å². The van der Waals surface area contributed by atoms with Crippen LogP contribution in [-0.4, -0.2) is 40.4 Å². The molecule has 4 nitrogen and oxygen atoms in total. The van der Waals surface area contributed by atoms with Crippen molar-refractivity contribution < 1.29 is 35.5 Å². The van der Waals surface area contributed by atoms with E-state index in [4.69, 9.17) is 0 Å². The van der Waals surface area contributed by atoms with E-state index in [0.717, 1.165) is 24.3 Å². The van der Waals surface area contributed by atoms with Crippen molar-refractivity contribution in [1.82, 2.24) is 15.2 Å². The number of halogens is 7. The number of rotatable bonds is 4. The molecule has 0 unspecified atom stereocenters. The lowest BCUT2D eigenvalue weighted by molar-refractivity contribution is -0.356. The summed E-state index contributed by atoms with van der Waals surface area (Å²) in [4.78, 5) is 16.5. The molecule has 2 heterocycles. The SMILES string of the molecule is O=C(NC(N1CCCC[C@H]1c1cccnc1)(C(F)(F)F)C(F)(F)F)c1ccc(F)cc1. The van der Waals surface area contributed by atoms with E-state index in [0.29, 0.717) is 6.42 Å². The first kappa shape index (κ1) is 23.0. The second-order valence-electron chi connectivity index (χ2n) is 7.16. The molecule has 2 aromatic rings. The molecule has 1 aliphatic rings. The van der Waals surface area contributed by atoms with E-state index in [1.165, 1.54) is 29.8 Å². The monoisotopic (exact) mass is 449 g/mol. The van der Waals surface area contributed by atoms with Gasteiger partial charge in [0.05, 0.1) is 0 Å². The topological polar surface area (TPSA) is 45.2 Å². The molecule has 1 aliphatic heterocycles. The van der Waals surface area contributed by atoms with Crippen molar-refractivity contribution in [3.8, 4) is 0 Å². The first-order valence-electron chi connectivity index (χ1n) is 9.35. The summed E-state index contributed by atoms with van der Waals surface area (Å²) in [5.41, 5.74) is -5.00. The maximum Gasteiger partial charge on any atom is 0.434 e. The van der Waals surface area contributed by atoms with E-state index in [9.17, 15) is 35.5 Å². The number of carbonyl (C=O) groups is 1. The van der Waals surface area contributed by atoms with Gasteiger partial charge in [-0.25, -0.2) is 4.39 Å². The molecule has 1 aromatic carbocycles. The van der Waals surface area contributed by atoms with Crippen molar-refractivity contribution in [2.45, 2.75) is 43.3 Å². The molecular weight excluding hydrogens is 431 g/mol. The number of hydrogen-bond acceptors (Lipinski definition) is 3. The summed E-state index contributed by atoms with van der Waals surface area (Å²) < 4.78 is 98.5. The van der Waals surface area contributed by atoms with Crippen molar-refractivity contribution in [3.63, 3.8) is 0 Å². The Morgan fingerprint density at radius 1 is 1.00 bits per heavy atom. The minimum atomic E-state index is -5.90. The van der Waals surface area contributed by atoms with Crippen molar-refractivity contribution >= 4 is 5.91 Å². The highest BCUT2D eigenvalue weighted by Crippen LogP contribution is 2.50. The Bertz CT molecular complexity index is 884. The fraction of sp³-hybridized carbons (Fsp3) is 0.400. The summed E-state index contributed by atoms with van der Waals surface area (Å²) >= 11 is 0. The number of piperidine rings is 1. The predicted molar refractivity (Wildman–Crippen MR) is 96.2 cm³/mol. The number of nitrogens with one attached hydrogen (secondary N) is 1. The van der Waals surface area contributed by atoms with Gasteiger partial charge in [0.2, 0.25) is 0 Å². The van der Waals surface area contributed by atoms with E-state index in [2.05, 4.69) is 4.98 Å². The quantitative estimate of drug-likeness (QED) is 0.669. The highest BCUT2D eigenvalue weighted by Gasteiger charge is 2.76. The minimum absolute atomic E-state index is 0.0199. The normalized spacial score (nSPS) is 18.6. The van der Waals surface area contributed by atoms with Crippen LogP contribution in [0.3, 0.4) is 0 Å². The van der Waals surface area contributed by atoms with E-state index in [-0.39, 0.29) is 23.3 Å². The molecule has 31 heavy (non-hydrogen) atoms. The summed E-state index contributed by atoms with van der Waals surface area (Å²) in [6.07, 6.45) is -8.73. The molecule has 0 radical (unpaired) electrons. The van der Waals surface area contributed by atoms with Gasteiger partial charge in [-0.2, -0.15) is 26.3 Å². The van der Waals surface area contributed by atoms with Gasteiger partial charge in [-0.3, -0.25) is 14.7 Å². The largest absolute Gasteiger partial charge is 0.434 e. The zero-order valence-corrected chi connectivity index (χ0v) is 16.0. The summed E-state index contributed by atoms with van der Waals surface area (Å²) in [7, 11) is 0. The van der Waals surface area contributed by atoms with Crippen LogP contribution < -0.4 is 5.32 Å². The zero-order chi connectivity index (χ0) is 22.9. The zero-order valence-electron chi connectivity index (χ0n) is 16.0. The molecule has 1 atom stereocenters. The van der Waals surface area contributed by atoms with Crippen molar-refractivity contribution in [3.05, 3.63) is 65.7 Å². The number of likely N-dealkylation sites (tertiary alicyclic amines) is 1. The maximum absolute atomic E-state index is 14.2. The third kappa shape index (κ3) is 4.36. The number of carbonyl (C=O) groups excluding carboxylic acids is 1. The van der Waals surface area contributed by atoms with Gasteiger partial charge in [0.15, 0.2) is 0 Å². The van der Waals surface area contributed by atoms with Crippen molar-refractivity contribution in [1.29, 1.82) is 0 Å². The number of pyridine rings is 1. The number of alkyl halides is 6. The molecule has 11 heteroatoms. The molecule has 1 aromatic heterocycles. The molecule has 0 bridgehead atoms. The van der Waals surface area contributed by atoms with Crippen molar-refractivity contribution in [2.24, 2.45) is 0 Å². The molecule has 0 saturated carbocycles. The molecule has 3 rings (SSSR count). The lowest BCUT2D eigenvalue weighted by Crippen LogP contribution is -2.77. The summed E-state index contributed by atoms with van der Waals surface area (Å²) in [6, 6.07) is 4.72. The molecule has 1 fully saturated rings. The molecule has 168 valence electrons. The third-order valence-corrected chi connectivity index (χ3v) is 5.22. The number of aromatic nitrogens is 1. The molecule has 1 saturated heterocycles. The van der Waals surface area contributed by atoms with E-state index in [1.807, 2.05) is 0 Å². The van der Waals surface area contributed by atoms with Gasteiger partial charge < -0.3 is 5.32 Å². The van der Waals surface area contributed by atoms with Gasteiger partial charge in [-0.1, -0.05) is 12.5 Å². The molecule has 1 amide bonds. The van der Waals surface area contributed by atoms with Gasteiger partial charge in [0.1, 0.15) is 5.82 Å². The lowest BCUT2D eigenvalue weighted by atomic mass is 9.91. The van der Waals surface area contributed by atoms with Gasteiger partial charge in [-0.05, 0) is 48.7 Å². The maximum atomic E-state index is 14.2. The second kappa shape index (κ2) is 8.45. The van der Waals surface area contributed by atoms with E-state index < -0.39 is 47.9 Å². The predicted octanol–water partition coefficient (Wildman–Crippen LogP) is 5.00. The van der Waals surface area contributed by atoms with Gasteiger partial charge in [0, 0.05) is 30.5 Å². The summed E-state index contributed by atoms with van der Waals surface area (Å²) in [5, 5.41) is 1.21. The number of amides is 1. The Labute approximate surface area is 173 Å². The first-order chi connectivity index (χ1) is 14.5. The fourth-order valence-corrected chi connectivity index (χ4v) is 3.79. The average molecular weight is 449 g/mol. The van der Waals surface area contributed by atoms with Crippen LogP contribution in [0.1, 0.15) is 41.2 Å². The van der Waals surface area contributed by atoms with Gasteiger partial charge in [-0.15, -0.1) is 0 Å². The average Bonchev–Trinajstić information content (AvgIpc) is 2.71. The van der Waals surface area contributed by atoms with Crippen LogP contribution in [0.25, 0.3) is 0 Å². The van der Waals surface area contributed by atoms with Crippen LogP contribution >= 0.6 is 0 Å². The van der Waals surface area contributed by atoms with Crippen LogP contribution in [0.15, 0.2) is 48.8 Å². The van der Waals surface area contributed by atoms with Crippen molar-refractivity contribution in [2.75, 3.05) is 6.54 Å². The lowest BCUT2D eigenvalue weighted by Gasteiger charge is -2.50. The molecule has 0 spiro atoms. The second-order valence-corrected chi connectivity index (χ2v) is 7.16. The molecule has 0 aliphatic carbocycles. The Balaban J connectivity index is 2.12. The van der Waals surface area contributed by atoms with Crippen LogP contribution in [0.2, 0.25) is 0 Å². The summed E-state index contributed by atoms with van der Waals surface area (Å²) in [6.45, 7) is -0.553. The number of hydrogen-bond donors (Lipinski definition) is 1. The highest BCUT2D eigenvalue weighted by atomic mass is 19.4. The first-order valence-corrected chi connectivity index (χ1v) is 9.35. The Morgan fingerprint density at radius 2 is 1.65 bits per heavy atom. The summed E-state index contributed by atoms with van der Waals surface area (Å²) in [5.74, 6) is -2.41. The Hall–Kier alpha value is -2.69. The van der Waals surface area contributed by atoms with E-state index in [1.54, 1.807) is 0 Å². The standard InChI is InChI=1S/C20H18F7N3O/c21-15-8-6-13(7-9-15)17(31)29-18(19(22,23)24,20(25,26)27)30-11-2-1-5-16(30)14-4-3-10-28-12-14/h3-4,6-10,12,16H,1-2,5,11H2,(H,29,31)/t16-/m0/s1. The Kier molecular flexibility index (Phi) is 6.26. The number of nitrogens with zero attached hydrogens (tertiary/aromatic N) is 2. The van der Waals surface area contributed by atoms with Gasteiger partial charge in [0.25, 0.3) is 11.6 Å². The van der Waals surface area contributed by atoms with Crippen LogP contribution in [0.5, 0.6) is 0 Å².